The molecule has 0 aliphatic carbocycles. The van der Waals surface area contributed by atoms with E-state index in [1.807, 2.05) is 25.1 Å². The number of rotatable bonds is 14. The quantitative estimate of drug-likeness (QED) is 0.173. The van der Waals surface area contributed by atoms with Crippen molar-refractivity contribution in [1.82, 2.24) is 0 Å². The third-order valence-corrected chi connectivity index (χ3v) is 13.4. The van der Waals surface area contributed by atoms with Gasteiger partial charge in [-0.3, -0.25) is 4.21 Å². The third kappa shape index (κ3) is 7.29. The van der Waals surface area contributed by atoms with Gasteiger partial charge in [0.15, 0.2) is 19.8 Å². The second kappa shape index (κ2) is 12.5. The molecule has 1 N–H and O–H groups in total. The van der Waals surface area contributed by atoms with Crippen molar-refractivity contribution in [2.24, 2.45) is 5.92 Å². The second-order valence-electron chi connectivity index (χ2n) is 10.3. The first-order chi connectivity index (χ1) is 15.9. The van der Waals surface area contributed by atoms with Crippen molar-refractivity contribution in [3.05, 3.63) is 46.9 Å². The summed E-state index contributed by atoms with van der Waals surface area (Å²) in [6.45, 7) is 20.4. The van der Waals surface area contributed by atoms with Crippen LogP contribution in [0.5, 0.6) is 11.5 Å². The predicted molar refractivity (Wildman–Crippen MR) is 144 cm³/mol. The number of benzene rings is 1. The highest BCUT2D eigenvalue weighted by molar-refractivity contribution is 7.89. The molecule has 0 bridgehead atoms. The Morgan fingerprint density at radius 2 is 1.94 bits per heavy atom. The van der Waals surface area contributed by atoms with Crippen LogP contribution in [0.25, 0.3) is 0 Å². The summed E-state index contributed by atoms with van der Waals surface area (Å²) in [6, 6.07) is 3.92. The van der Waals surface area contributed by atoms with Crippen LogP contribution in [0.2, 0.25) is 18.1 Å². The molecule has 1 heterocycles. The van der Waals surface area contributed by atoms with E-state index in [2.05, 4.69) is 47.4 Å². The fourth-order valence-corrected chi connectivity index (χ4v) is 6.92. The minimum atomic E-state index is -1.86. The lowest BCUT2D eigenvalue weighted by molar-refractivity contribution is 0.165. The smallest absolute Gasteiger partial charge is 0.231 e. The standard InChI is InChI=1S/C27H44O5SSi/c1-9-33(29)21(4)13-10-11-15-24(28)23-18-26-25(30-19-31-26)17-22(23)14-12-16-32-34(7,8)27(5,6)20(2)3/h10,13,17-18,20,24,28H,4,9,11-12,14-16,19H2,1-3,5-8H3/b13-10-. The molecule has 0 aromatic heterocycles. The fourth-order valence-electron chi connectivity index (χ4n) is 3.88. The molecule has 0 spiro atoms. The van der Waals surface area contributed by atoms with E-state index < -0.39 is 25.2 Å². The summed E-state index contributed by atoms with van der Waals surface area (Å²) in [6.07, 6.45) is 6.03. The van der Waals surface area contributed by atoms with Gasteiger partial charge in [0.05, 0.1) is 16.9 Å². The Balaban J connectivity index is 2.02. The Morgan fingerprint density at radius 1 is 1.29 bits per heavy atom. The van der Waals surface area contributed by atoms with E-state index in [9.17, 15) is 9.32 Å². The van der Waals surface area contributed by atoms with E-state index in [-0.39, 0.29) is 11.8 Å². The SMILES string of the molecule is C=C(/C=C\CCC(O)c1cc2c(cc1CCCO[Si](C)(C)C(C)(C)C(C)C)OCO2)S(=O)CC. The largest absolute Gasteiger partial charge is 0.454 e. The van der Waals surface area contributed by atoms with E-state index in [0.29, 0.717) is 41.8 Å². The molecule has 1 aromatic rings. The van der Waals surface area contributed by atoms with Crippen LogP contribution in [0.4, 0.5) is 0 Å². The highest BCUT2D eigenvalue weighted by Gasteiger charge is 2.43. The number of fused-ring (bicyclic) bond motifs is 1. The summed E-state index contributed by atoms with van der Waals surface area (Å²) >= 11 is 0. The molecular formula is C27H44O5SSi. The van der Waals surface area contributed by atoms with E-state index in [0.717, 1.165) is 29.7 Å². The van der Waals surface area contributed by atoms with Gasteiger partial charge in [-0.2, -0.15) is 0 Å². The fraction of sp³-hybridized carbons (Fsp3) is 0.630. The Hall–Kier alpha value is -1.41. The van der Waals surface area contributed by atoms with Gasteiger partial charge in [0.25, 0.3) is 0 Å². The van der Waals surface area contributed by atoms with Gasteiger partial charge >= 0.3 is 0 Å². The molecule has 1 aromatic carbocycles. The summed E-state index contributed by atoms with van der Waals surface area (Å²) in [5.41, 5.74) is 1.95. The summed E-state index contributed by atoms with van der Waals surface area (Å²) in [7, 11) is -2.89. The number of hydrogen-bond acceptors (Lipinski definition) is 5. The summed E-state index contributed by atoms with van der Waals surface area (Å²) in [5, 5.41) is 11.2. The van der Waals surface area contributed by atoms with Crippen LogP contribution in [0.1, 0.15) is 71.1 Å². The second-order valence-corrected chi connectivity index (χ2v) is 16.7. The lowest BCUT2D eigenvalue weighted by atomic mass is 9.95. The van der Waals surface area contributed by atoms with Crippen molar-refractivity contribution in [2.75, 3.05) is 19.2 Å². The molecule has 1 aliphatic heterocycles. The Bertz CT molecular complexity index is 891. The average molecular weight is 509 g/mol. The van der Waals surface area contributed by atoms with Crippen molar-refractivity contribution in [2.45, 2.75) is 84.5 Å². The maximum Gasteiger partial charge on any atom is 0.231 e. The minimum Gasteiger partial charge on any atom is -0.454 e. The average Bonchev–Trinajstić information content (AvgIpc) is 3.25. The van der Waals surface area contributed by atoms with Crippen LogP contribution in [0.3, 0.4) is 0 Å². The first-order valence-electron chi connectivity index (χ1n) is 12.4. The number of ether oxygens (including phenoxy) is 2. The van der Waals surface area contributed by atoms with Gasteiger partial charge in [-0.1, -0.05) is 53.3 Å². The number of aliphatic hydroxyl groups excluding tert-OH is 1. The molecule has 0 radical (unpaired) electrons. The summed E-state index contributed by atoms with van der Waals surface area (Å²) in [5.74, 6) is 2.55. The maximum atomic E-state index is 11.8. The monoisotopic (exact) mass is 508 g/mol. The Kier molecular flexibility index (Phi) is 10.6. The number of allylic oxidation sites excluding steroid dienone is 2. The first kappa shape index (κ1) is 28.8. The molecule has 0 saturated carbocycles. The third-order valence-electron chi connectivity index (χ3n) is 7.51. The molecular weight excluding hydrogens is 464 g/mol. The maximum absolute atomic E-state index is 11.8. The van der Waals surface area contributed by atoms with Crippen LogP contribution in [0.15, 0.2) is 35.8 Å². The molecule has 2 unspecified atom stereocenters. The summed E-state index contributed by atoms with van der Waals surface area (Å²) in [4.78, 5) is 0.618. The zero-order valence-electron chi connectivity index (χ0n) is 22.1. The molecule has 0 fully saturated rings. The van der Waals surface area contributed by atoms with Crippen LogP contribution in [-0.2, 0) is 21.6 Å². The first-order valence-corrected chi connectivity index (χ1v) is 16.6. The number of aryl methyl sites for hydroxylation is 1. The minimum absolute atomic E-state index is 0.190. The zero-order chi connectivity index (χ0) is 25.5. The normalized spacial score (nSPS) is 15.8. The van der Waals surface area contributed by atoms with Gasteiger partial charge in [0.1, 0.15) is 0 Å². The lowest BCUT2D eigenvalue weighted by Gasteiger charge is -2.42. The van der Waals surface area contributed by atoms with E-state index in [1.54, 1.807) is 6.08 Å². The molecule has 5 nitrogen and oxygen atoms in total. The van der Waals surface area contributed by atoms with E-state index in [1.165, 1.54) is 0 Å². The van der Waals surface area contributed by atoms with Crippen molar-refractivity contribution in [3.63, 3.8) is 0 Å². The highest BCUT2D eigenvalue weighted by atomic mass is 32.2. The molecule has 2 rings (SSSR count). The molecule has 192 valence electrons. The van der Waals surface area contributed by atoms with Crippen molar-refractivity contribution < 1.29 is 23.2 Å². The lowest BCUT2D eigenvalue weighted by Crippen LogP contribution is -2.45. The van der Waals surface area contributed by atoms with Gasteiger partial charge in [-0.15, -0.1) is 0 Å². The van der Waals surface area contributed by atoms with Crippen LogP contribution in [0, 0.1) is 5.92 Å². The van der Waals surface area contributed by atoms with Gasteiger partial charge < -0.3 is 19.0 Å². The predicted octanol–water partition coefficient (Wildman–Crippen LogP) is 6.66. The highest BCUT2D eigenvalue weighted by Crippen LogP contribution is 2.44. The molecule has 0 amide bonds. The molecule has 1 aliphatic rings. The number of hydrogen-bond donors (Lipinski definition) is 1. The molecule has 0 saturated heterocycles. The van der Waals surface area contributed by atoms with E-state index in [4.69, 9.17) is 13.9 Å². The number of aliphatic hydroxyl groups is 1. The Morgan fingerprint density at radius 3 is 2.56 bits per heavy atom. The van der Waals surface area contributed by atoms with Crippen molar-refractivity contribution >= 4 is 19.1 Å². The van der Waals surface area contributed by atoms with Gasteiger partial charge in [0, 0.05) is 17.3 Å². The molecule has 34 heavy (non-hydrogen) atoms. The van der Waals surface area contributed by atoms with Gasteiger partial charge in [0.2, 0.25) is 6.79 Å². The molecule has 7 heteroatoms. The van der Waals surface area contributed by atoms with Crippen LogP contribution >= 0.6 is 0 Å². The Labute approximate surface area is 210 Å². The molecule has 2 atom stereocenters. The van der Waals surface area contributed by atoms with Crippen molar-refractivity contribution in [3.8, 4) is 11.5 Å². The topological polar surface area (TPSA) is 65.0 Å². The van der Waals surface area contributed by atoms with Gasteiger partial charge in [-0.05, 0) is 73.0 Å². The zero-order valence-corrected chi connectivity index (χ0v) is 23.9. The van der Waals surface area contributed by atoms with Crippen LogP contribution in [-0.4, -0.2) is 36.8 Å². The van der Waals surface area contributed by atoms with E-state index >= 15 is 0 Å². The van der Waals surface area contributed by atoms with Gasteiger partial charge in [-0.25, -0.2) is 0 Å². The summed E-state index contributed by atoms with van der Waals surface area (Å²) < 4.78 is 29.4. The van der Waals surface area contributed by atoms with Crippen molar-refractivity contribution in [1.29, 1.82) is 0 Å². The van der Waals surface area contributed by atoms with Crippen LogP contribution < -0.4 is 9.47 Å².